The summed E-state index contributed by atoms with van der Waals surface area (Å²) in [4.78, 5) is 39.0. The first-order chi connectivity index (χ1) is 14.1. The Morgan fingerprint density at radius 1 is 0.966 bits per heavy atom. The molecule has 1 aliphatic carbocycles. The summed E-state index contributed by atoms with van der Waals surface area (Å²) >= 11 is 0. The molecule has 6 heteroatoms. The van der Waals surface area contributed by atoms with Crippen molar-refractivity contribution in [3.8, 4) is 11.5 Å². The van der Waals surface area contributed by atoms with Crippen LogP contribution in [0.5, 0.6) is 11.5 Å². The molecule has 1 saturated carbocycles. The van der Waals surface area contributed by atoms with E-state index >= 15 is 0 Å². The number of carbonyl (C=O) groups is 3. The van der Waals surface area contributed by atoms with Gasteiger partial charge in [-0.3, -0.25) is 19.3 Å². The first-order valence-corrected chi connectivity index (χ1v) is 9.86. The molecular weight excluding hydrogens is 370 g/mol. The third-order valence-electron chi connectivity index (χ3n) is 5.70. The van der Waals surface area contributed by atoms with Crippen LogP contribution in [0, 0.1) is 11.8 Å². The molecule has 0 N–H and O–H groups in total. The third kappa shape index (κ3) is 3.75. The number of carbonyl (C=O) groups excluding carboxylic acids is 3. The number of anilines is 1. The monoisotopic (exact) mass is 393 g/mol. The Balaban J connectivity index is 1.41. The topological polar surface area (TPSA) is 72.9 Å². The number of nitrogens with zero attached hydrogens (tertiary/aromatic N) is 1. The second-order valence-electron chi connectivity index (χ2n) is 7.45. The van der Waals surface area contributed by atoms with E-state index < -0.39 is 0 Å². The van der Waals surface area contributed by atoms with Crippen molar-refractivity contribution in [3.05, 3.63) is 54.1 Å². The molecule has 150 valence electrons. The van der Waals surface area contributed by atoms with E-state index in [9.17, 15) is 14.4 Å². The van der Waals surface area contributed by atoms with E-state index in [2.05, 4.69) is 0 Å². The van der Waals surface area contributed by atoms with E-state index in [1.54, 1.807) is 55.6 Å². The van der Waals surface area contributed by atoms with Crippen LogP contribution in [0.1, 0.15) is 36.0 Å². The van der Waals surface area contributed by atoms with Crippen molar-refractivity contribution in [1.82, 2.24) is 0 Å². The van der Waals surface area contributed by atoms with Gasteiger partial charge in [0.25, 0.3) is 0 Å². The van der Waals surface area contributed by atoms with Gasteiger partial charge >= 0.3 is 0 Å². The molecule has 2 amide bonds. The average Bonchev–Trinajstić information content (AvgIpc) is 3.03. The van der Waals surface area contributed by atoms with Crippen molar-refractivity contribution in [2.45, 2.75) is 25.7 Å². The number of imide groups is 1. The number of hydrogen-bond acceptors (Lipinski definition) is 5. The molecule has 0 bridgehead atoms. The van der Waals surface area contributed by atoms with Gasteiger partial charge in [-0.25, -0.2) is 0 Å². The fraction of sp³-hybridized carbons (Fsp3) is 0.348. The lowest BCUT2D eigenvalue weighted by molar-refractivity contribution is -0.122. The highest BCUT2D eigenvalue weighted by atomic mass is 16.5. The highest BCUT2D eigenvalue weighted by Gasteiger charge is 2.48. The van der Waals surface area contributed by atoms with Gasteiger partial charge in [0.15, 0.2) is 12.4 Å². The fourth-order valence-electron chi connectivity index (χ4n) is 4.14. The molecule has 1 saturated heterocycles. The lowest BCUT2D eigenvalue weighted by Gasteiger charge is -2.19. The smallest absolute Gasteiger partial charge is 0.237 e. The van der Waals surface area contributed by atoms with Gasteiger partial charge < -0.3 is 9.47 Å². The molecule has 2 aromatic carbocycles. The maximum atomic E-state index is 12.7. The standard InChI is InChI=1S/C23H23NO5/c1-28-18-6-4-5-15(13-18)21(25)14-29-17-11-9-16(10-12-17)24-22(26)19-7-2-3-8-20(19)23(24)27/h4-6,9-13,19-20H,2-3,7-8,14H2,1H3. The zero-order valence-electron chi connectivity index (χ0n) is 16.3. The van der Waals surface area contributed by atoms with E-state index in [1.165, 1.54) is 4.90 Å². The molecule has 4 rings (SSSR count). The predicted molar refractivity (Wildman–Crippen MR) is 107 cm³/mol. The number of methoxy groups -OCH3 is 1. The van der Waals surface area contributed by atoms with Gasteiger partial charge in [-0.2, -0.15) is 0 Å². The quantitative estimate of drug-likeness (QED) is 0.553. The van der Waals surface area contributed by atoms with Gasteiger partial charge in [-0.1, -0.05) is 25.0 Å². The number of ether oxygens (including phenoxy) is 2. The fourth-order valence-corrected chi connectivity index (χ4v) is 4.14. The average molecular weight is 393 g/mol. The first kappa shape index (κ1) is 19.2. The van der Waals surface area contributed by atoms with Gasteiger partial charge in [0, 0.05) is 5.56 Å². The van der Waals surface area contributed by atoms with Crippen LogP contribution < -0.4 is 14.4 Å². The molecule has 2 unspecified atom stereocenters. The lowest BCUT2D eigenvalue weighted by Crippen LogP contribution is -2.30. The van der Waals surface area contributed by atoms with Gasteiger partial charge in [0.05, 0.1) is 24.6 Å². The minimum Gasteiger partial charge on any atom is -0.497 e. The van der Waals surface area contributed by atoms with Crippen LogP contribution in [0.4, 0.5) is 5.69 Å². The second kappa shape index (κ2) is 8.07. The van der Waals surface area contributed by atoms with Crippen molar-refractivity contribution >= 4 is 23.3 Å². The van der Waals surface area contributed by atoms with E-state index in [0.717, 1.165) is 25.7 Å². The molecule has 2 aromatic rings. The number of amides is 2. The maximum absolute atomic E-state index is 12.7. The number of fused-ring (bicyclic) bond motifs is 1. The molecule has 0 aromatic heterocycles. The molecule has 0 radical (unpaired) electrons. The summed E-state index contributed by atoms with van der Waals surface area (Å²) in [5.41, 5.74) is 1.07. The van der Waals surface area contributed by atoms with Crippen LogP contribution in [0.25, 0.3) is 0 Å². The molecule has 29 heavy (non-hydrogen) atoms. The zero-order chi connectivity index (χ0) is 20.4. The van der Waals surface area contributed by atoms with Gasteiger partial charge in [-0.05, 0) is 49.2 Å². The molecule has 2 aliphatic rings. The summed E-state index contributed by atoms with van der Waals surface area (Å²) in [5.74, 6) is 0.410. The summed E-state index contributed by atoms with van der Waals surface area (Å²) < 4.78 is 10.7. The Labute approximate surface area is 169 Å². The van der Waals surface area contributed by atoms with Crippen molar-refractivity contribution in [1.29, 1.82) is 0 Å². The molecule has 1 heterocycles. The Hall–Kier alpha value is -3.15. The number of Topliss-reactive ketones (excluding diaryl/α,β-unsaturated/α-hetero) is 1. The van der Waals surface area contributed by atoms with Crippen LogP contribution >= 0.6 is 0 Å². The number of ketones is 1. The Kier molecular flexibility index (Phi) is 5.34. The molecule has 2 fully saturated rings. The van der Waals surface area contributed by atoms with E-state index in [4.69, 9.17) is 9.47 Å². The normalized spacial score (nSPS) is 21.1. The van der Waals surface area contributed by atoms with E-state index in [1.807, 2.05) is 0 Å². The maximum Gasteiger partial charge on any atom is 0.237 e. The highest BCUT2D eigenvalue weighted by molar-refractivity contribution is 6.22. The van der Waals surface area contributed by atoms with E-state index in [-0.39, 0.29) is 36.0 Å². The van der Waals surface area contributed by atoms with E-state index in [0.29, 0.717) is 22.7 Å². The molecule has 6 nitrogen and oxygen atoms in total. The van der Waals surface area contributed by atoms with Crippen LogP contribution in [0.2, 0.25) is 0 Å². The molecule has 0 spiro atoms. The molecular formula is C23H23NO5. The zero-order valence-corrected chi connectivity index (χ0v) is 16.3. The molecule has 1 aliphatic heterocycles. The van der Waals surface area contributed by atoms with Crippen molar-refractivity contribution in [2.75, 3.05) is 18.6 Å². The van der Waals surface area contributed by atoms with Crippen molar-refractivity contribution in [2.24, 2.45) is 11.8 Å². The Morgan fingerprint density at radius 3 is 2.24 bits per heavy atom. The summed E-state index contributed by atoms with van der Waals surface area (Å²) in [5, 5.41) is 0. The largest absolute Gasteiger partial charge is 0.497 e. The minimum absolute atomic E-state index is 0.0958. The number of rotatable bonds is 6. The third-order valence-corrected chi connectivity index (χ3v) is 5.70. The summed E-state index contributed by atoms with van der Waals surface area (Å²) in [6, 6.07) is 13.6. The highest BCUT2D eigenvalue weighted by Crippen LogP contribution is 2.40. The van der Waals surface area contributed by atoms with Crippen LogP contribution in [-0.4, -0.2) is 31.3 Å². The number of hydrogen-bond donors (Lipinski definition) is 0. The number of benzene rings is 2. The van der Waals surface area contributed by atoms with Crippen LogP contribution in [0.15, 0.2) is 48.5 Å². The van der Waals surface area contributed by atoms with Crippen molar-refractivity contribution in [3.63, 3.8) is 0 Å². The molecule has 2 atom stereocenters. The van der Waals surface area contributed by atoms with Crippen molar-refractivity contribution < 1.29 is 23.9 Å². The van der Waals surface area contributed by atoms with Gasteiger partial charge in [0.1, 0.15) is 11.5 Å². The lowest BCUT2D eigenvalue weighted by atomic mass is 9.81. The van der Waals surface area contributed by atoms with Gasteiger partial charge in [-0.15, -0.1) is 0 Å². The summed E-state index contributed by atoms with van der Waals surface area (Å²) in [7, 11) is 1.55. The minimum atomic E-state index is -0.173. The SMILES string of the molecule is COc1cccc(C(=O)COc2ccc(N3C(=O)C4CCCCC4C3=O)cc2)c1. The predicted octanol–water partition coefficient (Wildman–Crippen LogP) is 3.64. The Bertz CT molecular complexity index is 913. The van der Waals surface area contributed by atoms with Crippen LogP contribution in [-0.2, 0) is 9.59 Å². The first-order valence-electron chi connectivity index (χ1n) is 9.86. The second-order valence-corrected chi connectivity index (χ2v) is 7.45. The summed E-state index contributed by atoms with van der Waals surface area (Å²) in [6.45, 7) is -0.113. The van der Waals surface area contributed by atoms with Gasteiger partial charge in [0.2, 0.25) is 11.8 Å². The summed E-state index contributed by atoms with van der Waals surface area (Å²) in [6.07, 6.45) is 3.59. The van der Waals surface area contributed by atoms with Crippen LogP contribution in [0.3, 0.4) is 0 Å². The Morgan fingerprint density at radius 2 is 1.62 bits per heavy atom.